The number of nitrogens with zero attached hydrogens (tertiary/aromatic N) is 1. The number of rotatable bonds is 7. The molecule has 0 atom stereocenters. The number of hydrogen-bond donors (Lipinski definition) is 2. The van der Waals surface area contributed by atoms with Gasteiger partial charge in [-0.25, -0.2) is 0 Å². The lowest BCUT2D eigenvalue weighted by atomic mass is 10.0. The van der Waals surface area contributed by atoms with Crippen molar-refractivity contribution >= 4 is 23.5 Å². The molecule has 29 heavy (non-hydrogen) atoms. The van der Waals surface area contributed by atoms with Crippen molar-refractivity contribution in [1.29, 1.82) is 0 Å². The molecule has 0 aromatic heterocycles. The van der Waals surface area contributed by atoms with Crippen molar-refractivity contribution in [3.05, 3.63) is 64.2 Å². The summed E-state index contributed by atoms with van der Waals surface area (Å²) in [6, 6.07) is 10.8. The highest BCUT2D eigenvalue weighted by Crippen LogP contribution is 2.31. The van der Waals surface area contributed by atoms with Crippen LogP contribution in [-0.2, 0) is 6.54 Å². The lowest BCUT2D eigenvalue weighted by Gasteiger charge is -2.30. The molecular weight excluding hydrogens is 388 g/mol. The molecule has 3 N–H and O–H groups in total. The largest absolute Gasteiger partial charge is 0.507 e. The van der Waals surface area contributed by atoms with Gasteiger partial charge < -0.3 is 15.6 Å². The number of nitrogens with two attached hydrogens (primary N) is 1. The minimum absolute atomic E-state index is 0.0910. The van der Waals surface area contributed by atoms with E-state index in [4.69, 9.17) is 22.1 Å². The highest BCUT2D eigenvalue weighted by molar-refractivity contribution is 6.32. The van der Waals surface area contributed by atoms with Gasteiger partial charge in [-0.15, -0.1) is 0 Å². The van der Waals surface area contributed by atoms with Crippen molar-refractivity contribution in [2.75, 3.05) is 19.7 Å². The van der Waals surface area contributed by atoms with Crippen LogP contribution in [0.2, 0.25) is 5.02 Å². The average Bonchev–Trinajstić information content (AvgIpc) is 2.71. The Labute approximate surface area is 176 Å². The highest BCUT2D eigenvalue weighted by atomic mass is 35.5. The van der Waals surface area contributed by atoms with Crippen LogP contribution in [0.5, 0.6) is 11.5 Å². The number of likely N-dealkylation sites (tertiary alicyclic amines) is 1. The van der Waals surface area contributed by atoms with Crippen LogP contribution < -0.4 is 10.5 Å². The predicted octanol–water partition coefficient (Wildman–Crippen LogP) is 4.26. The number of piperidine rings is 1. The number of carbonyl (C=O) groups is 1. The van der Waals surface area contributed by atoms with Crippen molar-refractivity contribution in [3.63, 3.8) is 0 Å². The lowest BCUT2D eigenvalue weighted by molar-refractivity contribution is 0.104. The number of aromatic hydroxyl groups is 1. The maximum Gasteiger partial charge on any atom is 0.189 e. The maximum atomic E-state index is 12.7. The third-order valence-corrected chi connectivity index (χ3v) is 5.43. The fourth-order valence-electron chi connectivity index (χ4n) is 3.44. The number of hydrogen-bond acceptors (Lipinski definition) is 5. The number of benzene rings is 2. The van der Waals surface area contributed by atoms with Crippen LogP contribution in [0.4, 0.5) is 0 Å². The summed E-state index contributed by atoms with van der Waals surface area (Å²) in [5, 5.41) is 11.0. The molecule has 1 fully saturated rings. The molecule has 0 bridgehead atoms. The number of phenols is 1. The normalized spacial score (nSPS) is 15.7. The number of ether oxygens (including phenoxy) is 1. The second-order valence-electron chi connectivity index (χ2n) is 7.24. The van der Waals surface area contributed by atoms with E-state index in [0.29, 0.717) is 23.9 Å². The summed E-state index contributed by atoms with van der Waals surface area (Å²) in [6.45, 7) is 4.84. The molecular formula is C23H27ClN2O3. The molecule has 5 nitrogen and oxygen atoms in total. The van der Waals surface area contributed by atoms with Gasteiger partial charge in [-0.3, -0.25) is 9.69 Å². The zero-order valence-electron chi connectivity index (χ0n) is 16.6. The van der Waals surface area contributed by atoms with Gasteiger partial charge in [-0.2, -0.15) is 0 Å². The van der Waals surface area contributed by atoms with E-state index in [0.717, 1.165) is 37.1 Å². The molecule has 0 unspecified atom stereocenters. The molecule has 0 spiro atoms. The summed E-state index contributed by atoms with van der Waals surface area (Å²) < 4.78 is 5.70. The van der Waals surface area contributed by atoms with Crippen LogP contribution in [-0.4, -0.2) is 41.5 Å². The van der Waals surface area contributed by atoms with Crippen LogP contribution in [0.1, 0.15) is 41.3 Å². The molecule has 0 aliphatic carbocycles. The monoisotopic (exact) mass is 414 g/mol. The van der Waals surface area contributed by atoms with Crippen LogP contribution in [0.3, 0.4) is 0 Å². The first-order valence-electron chi connectivity index (χ1n) is 9.91. The molecule has 1 saturated heterocycles. The Balaban J connectivity index is 1.84. The molecule has 0 saturated carbocycles. The van der Waals surface area contributed by atoms with Crippen LogP contribution in [0.15, 0.2) is 42.5 Å². The van der Waals surface area contributed by atoms with E-state index in [1.165, 1.54) is 12.1 Å². The zero-order valence-corrected chi connectivity index (χ0v) is 17.4. The van der Waals surface area contributed by atoms with Gasteiger partial charge in [0, 0.05) is 29.2 Å². The SMILES string of the molecule is CCOc1cc(O)c(C(=O)/C=C/c2ccccc2Cl)cc1CN1CCC(N)CC1. The fraction of sp³-hybridized carbons (Fsp3) is 0.348. The molecule has 2 aromatic rings. The molecule has 6 heteroatoms. The second-order valence-corrected chi connectivity index (χ2v) is 7.65. The Kier molecular flexibility index (Phi) is 7.31. The van der Waals surface area contributed by atoms with E-state index in [1.54, 1.807) is 18.2 Å². The van der Waals surface area contributed by atoms with Gasteiger partial charge in [0.05, 0.1) is 12.2 Å². The Morgan fingerprint density at radius 1 is 1.31 bits per heavy atom. The van der Waals surface area contributed by atoms with Gasteiger partial charge in [0.2, 0.25) is 0 Å². The van der Waals surface area contributed by atoms with Crippen molar-refractivity contribution in [2.24, 2.45) is 5.73 Å². The zero-order chi connectivity index (χ0) is 20.8. The van der Waals surface area contributed by atoms with E-state index in [2.05, 4.69) is 4.90 Å². The van der Waals surface area contributed by atoms with E-state index < -0.39 is 0 Å². The van der Waals surface area contributed by atoms with Gasteiger partial charge in [0.1, 0.15) is 11.5 Å². The average molecular weight is 415 g/mol. The molecule has 0 amide bonds. The summed E-state index contributed by atoms with van der Waals surface area (Å²) in [5.74, 6) is 0.227. The Morgan fingerprint density at radius 3 is 2.72 bits per heavy atom. The Morgan fingerprint density at radius 2 is 2.03 bits per heavy atom. The van der Waals surface area contributed by atoms with Crippen LogP contribution in [0.25, 0.3) is 6.08 Å². The fourth-order valence-corrected chi connectivity index (χ4v) is 3.64. The molecule has 1 aliphatic heterocycles. The Hall–Kier alpha value is -2.34. The van der Waals surface area contributed by atoms with E-state index in [9.17, 15) is 9.90 Å². The van der Waals surface area contributed by atoms with Gasteiger partial charge >= 0.3 is 0 Å². The molecule has 1 heterocycles. The minimum atomic E-state index is -0.285. The summed E-state index contributed by atoms with van der Waals surface area (Å²) in [5.41, 5.74) is 7.88. The molecule has 154 valence electrons. The predicted molar refractivity (Wildman–Crippen MR) is 117 cm³/mol. The number of carbonyl (C=O) groups excluding carboxylic acids is 1. The van der Waals surface area contributed by atoms with Crippen LogP contribution in [0, 0.1) is 0 Å². The Bertz CT molecular complexity index is 890. The number of allylic oxidation sites excluding steroid dienone is 1. The van der Waals surface area contributed by atoms with Gasteiger partial charge in [-0.05, 0) is 62.7 Å². The summed E-state index contributed by atoms with van der Waals surface area (Å²) in [7, 11) is 0. The topological polar surface area (TPSA) is 75.8 Å². The maximum absolute atomic E-state index is 12.7. The first-order valence-corrected chi connectivity index (χ1v) is 10.3. The third kappa shape index (κ3) is 5.60. The van der Waals surface area contributed by atoms with Crippen molar-refractivity contribution in [3.8, 4) is 11.5 Å². The smallest absolute Gasteiger partial charge is 0.189 e. The summed E-state index contributed by atoms with van der Waals surface area (Å²) >= 11 is 6.14. The third-order valence-electron chi connectivity index (χ3n) is 5.09. The van der Waals surface area contributed by atoms with E-state index >= 15 is 0 Å². The van der Waals surface area contributed by atoms with Crippen molar-refractivity contribution < 1.29 is 14.6 Å². The van der Waals surface area contributed by atoms with Gasteiger partial charge in [-0.1, -0.05) is 29.8 Å². The number of phenolic OH excluding ortho intramolecular Hbond substituents is 1. The van der Waals surface area contributed by atoms with Crippen LogP contribution >= 0.6 is 11.6 Å². The number of halogens is 1. The number of ketones is 1. The molecule has 0 radical (unpaired) electrons. The quantitative estimate of drug-likeness (QED) is 0.522. The summed E-state index contributed by atoms with van der Waals surface area (Å²) in [6.07, 6.45) is 5.00. The second kappa shape index (κ2) is 9.92. The summed E-state index contributed by atoms with van der Waals surface area (Å²) in [4.78, 5) is 15.0. The van der Waals surface area contributed by atoms with Crippen molar-refractivity contribution in [2.45, 2.75) is 32.4 Å². The first kappa shape index (κ1) is 21.4. The van der Waals surface area contributed by atoms with Gasteiger partial charge in [0.15, 0.2) is 5.78 Å². The highest BCUT2D eigenvalue weighted by Gasteiger charge is 2.20. The molecule has 3 rings (SSSR count). The lowest BCUT2D eigenvalue weighted by Crippen LogP contribution is -2.39. The van der Waals surface area contributed by atoms with E-state index in [1.807, 2.05) is 25.1 Å². The minimum Gasteiger partial charge on any atom is -0.507 e. The van der Waals surface area contributed by atoms with E-state index in [-0.39, 0.29) is 23.1 Å². The first-order chi connectivity index (χ1) is 14.0. The molecule has 1 aliphatic rings. The van der Waals surface area contributed by atoms with Gasteiger partial charge in [0.25, 0.3) is 0 Å². The standard InChI is InChI=1S/C23H27ClN2O3/c1-2-29-23-14-22(28)19(13-17(23)15-26-11-9-18(25)10-12-26)21(27)8-7-16-5-3-4-6-20(16)24/h3-8,13-14,18,28H,2,9-12,15,25H2,1H3/b8-7+. The van der Waals surface area contributed by atoms with Crippen molar-refractivity contribution in [1.82, 2.24) is 4.90 Å². The molecule has 2 aromatic carbocycles.